The number of carboxylic acids is 1. The third-order valence-electron chi connectivity index (χ3n) is 3.88. The van der Waals surface area contributed by atoms with Crippen molar-refractivity contribution in [2.45, 2.75) is 24.3 Å². The second-order valence-corrected chi connectivity index (χ2v) is 6.46. The highest BCUT2D eigenvalue weighted by atomic mass is 32.2. The molecule has 18 heavy (non-hydrogen) atoms. The van der Waals surface area contributed by atoms with Crippen LogP contribution >= 0.6 is 11.8 Å². The van der Waals surface area contributed by atoms with Crippen LogP contribution in [0, 0.1) is 11.3 Å². The maximum atomic E-state index is 11.6. The number of carbonyl (C=O) groups is 2. The van der Waals surface area contributed by atoms with Crippen LogP contribution in [-0.2, 0) is 9.59 Å². The normalized spacial score (nSPS) is 39.6. The minimum absolute atomic E-state index is 0.0284. The Balaban J connectivity index is 1.79. The van der Waals surface area contributed by atoms with Gasteiger partial charge in [-0.25, -0.2) is 0 Å². The van der Waals surface area contributed by atoms with Crippen LogP contribution in [0.3, 0.4) is 0 Å². The highest BCUT2D eigenvalue weighted by Crippen LogP contribution is 2.43. The first-order chi connectivity index (χ1) is 8.53. The number of hydrogen-bond donors (Lipinski definition) is 2. The quantitative estimate of drug-likeness (QED) is 0.567. The molecular weight excluding hydrogens is 252 g/mol. The predicted octanol–water partition coefficient (Wildman–Crippen LogP) is 0.266. The van der Waals surface area contributed by atoms with Gasteiger partial charge in [0.25, 0.3) is 0 Å². The zero-order valence-electron chi connectivity index (χ0n) is 9.91. The van der Waals surface area contributed by atoms with Crippen LogP contribution in [0.4, 0.5) is 0 Å². The lowest BCUT2D eigenvalue weighted by Gasteiger charge is -2.52. The van der Waals surface area contributed by atoms with Crippen molar-refractivity contribution in [3.8, 4) is 0 Å². The fraction of sp³-hybridized carbons (Fsp3) is 0.667. The topological polar surface area (TPSA) is 83.6 Å². The van der Waals surface area contributed by atoms with Crippen LogP contribution in [0.25, 0.3) is 0 Å². The Morgan fingerprint density at radius 3 is 2.89 bits per heavy atom. The molecule has 3 rings (SSSR count). The molecule has 1 saturated carbocycles. The number of aliphatic carboxylic acids is 1. The molecule has 2 heterocycles. The fourth-order valence-electron chi connectivity index (χ4n) is 2.41. The van der Waals surface area contributed by atoms with E-state index in [1.165, 1.54) is 11.8 Å². The van der Waals surface area contributed by atoms with Gasteiger partial charge in [0.1, 0.15) is 16.8 Å². The SMILES string of the molecule is NC1C(=O)N2CC(C=CC3CC3)(C(=O)O)CS[C@H]12. The first kappa shape index (κ1) is 12.0. The number of fused-ring (bicyclic) bond motifs is 1. The molecular formula is C12H16N2O3S. The first-order valence-electron chi connectivity index (χ1n) is 6.14. The molecule has 0 radical (unpaired) electrons. The summed E-state index contributed by atoms with van der Waals surface area (Å²) in [6.07, 6.45) is 6.09. The molecule has 1 amide bonds. The fourth-order valence-corrected chi connectivity index (χ4v) is 3.87. The van der Waals surface area contributed by atoms with Crippen molar-refractivity contribution in [1.29, 1.82) is 0 Å². The molecule has 0 spiro atoms. The molecule has 1 aliphatic carbocycles. The zero-order valence-corrected chi connectivity index (χ0v) is 10.7. The Morgan fingerprint density at radius 2 is 2.28 bits per heavy atom. The van der Waals surface area contributed by atoms with Crippen molar-refractivity contribution < 1.29 is 14.7 Å². The van der Waals surface area contributed by atoms with Crippen molar-refractivity contribution in [3.63, 3.8) is 0 Å². The molecule has 0 bridgehead atoms. The van der Waals surface area contributed by atoms with Gasteiger partial charge < -0.3 is 15.7 Å². The molecule has 0 aromatic carbocycles. The molecule has 3 fully saturated rings. The Morgan fingerprint density at radius 1 is 1.56 bits per heavy atom. The predicted molar refractivity (Wildman–Crippen MR) is 67.9 cm³/mol. The number of thioether (sulfide) groups is 1. The van der Waals surface area contributed by atoms with Gasteiger partial charge in [-0.3, -0.25) is 9.59 Å². The van der Waals surface area contributed by atoms with Crippen LogP contribution in [0.5, 0.6) is 0 Å². The Kier molecular flexibility index (Phi) is 2.67. The molecule has 6 heteroatoms. The summed E-state index contributed by atoms with van der Waals surface area (Å²) in [5, 5.41) is 9.44. The van der Waals surface area contributed by atoms with Crippen molar-refractivity contribution in [3.05, 3.63) is 12.2 Å². The lowest BCUT2D eigenvalue weighted by molar-refractivity contribution is -0.153. The first-order valence-corrected chi connectivity index (χ1v) is 7.19. The van der Waals surface area contributed by atoms with E-state index in [2.05, 4.69) is 0 Å². The van der Waals surface area contributed by atoms with Gasteiger partial charge in [0.2, 0.25) is 5.91 Å². The van der Waals surface area contributed by atoms with Gasteiger partial charge in [0.15, 0.2) is 0 Å². The second kappa shape index (κ2) is 3.99. The Bertz CT molecular complexity index is 435. The molecule has 3 aliphatic rings. The van der Waals surface area contributed by atoms with E-state index in [9.17, 15) is 14.7 Å². The summed E-state index contributed by atoms with van der Waals surface area (Å²) in [6, 6.07) is -0.450. The van der Waals surface area contributed by atoms with Crippen LogP contribution < -0.4 is 5.73 Å². The summed E-state index contributed by atoms with van der Waals surface area (Å²) in [7, 11) is 0. The van der Waals surface area contributed by atoms with Crippen molar-refractivity contribution in [2.75, 3.05) is 12.3 Å². The van der Waals surface area contributed by atoms with E-state index in [0.717, 1.165) is 12.8 Å². The largest absolute Gasteiger partial charge is 0.481 e. The third kappa shape index (κ3) is 1.75. The summed E-state index contributed by atoms with van der Waals surface area (Å²) in [5.74, 6) is 0.0582. The maximum absolute atomic E-state index is 11.6. The number of amides is 1. The molecule has 3 N–H and O–H groups in total. The molecule has 2 aliphatic heterocycles. The van der Waals surface area contributed by atoms with E-state index >= 15 is 0 Å². The number of β-lactam (4-membered cyclic amide) rings is 1. The van der Waals surface area contributed by atoms with E-state index in [-0.39, 0.29) is 17.8 Å². The number of rotatable bonds is 3. The Labute approximate surface area is 109 Å². The number of nitrogens with two attached hydrogens (primary N) is 1. The van der Waals surface area contributed by atoms with Crippen LogP contribution in [-0.4, -0.2) is 45.6 Å². The van der Waals surface area contributed by atoms with Gasteiger partial charge in [-0.1, -0.05) is 12.2 Å². The Hall–Kier alpha value is -1.01. The summed E-state index contributed by atoms with van der Waals surface area (Å²) in [5.41, 5.74) is 4.77. The molecule has 2 unspecified atom stereocenters. The smallest absolute Gasteiger partial charge is 0.316 e. The van der Waals surface area contributed by atoms with E-state index in [1.54, 1.807) is 11.0 Å². The van der Waals surface area contributed by atoms with Crippen LogP contribution in [0.2, 0.25) is 0 Å². The molecule has 0 aromatic rings. The van der Waals surface area contributed by atoms with E-state index in [1.807, 2.05) is 6.08 Å². The van der Waals surface area contributed by atoms with E-state index in [0.29, 0.717) is 11.7 Å². The highest BCUT2D eigenvalue weighted by Gasteiger charge is 2.54. The van der Waals surface area contributed by atoms with Gasteiger partial charge >= 0.3 is 5.97 Å². The molecule has 3 atom stereocenters. The van der Waals surface area contributed by atoms with Crippen LogP contribution in [0.15, 0.2) is 12.2 Å². The molecule has 98 valence electrons. The lowest BCUT2D eigenvalue weighted by Crippen LogP contribution is -2.71. The lowest BCUT2D eigenvalue weighted by atomic mass is 9.86. The highest BCUT2D eigenvalue weighted by molar-refractivity contribution is 8.00. The van der Waals surface area contributed by atoms with Crippen molar-refractivity contribution >= 4 is 23.6 Å². The third-order valence-corrected chi connectivity index (χ3v) is 5.45. The number of nitrogens with zero attached hydrogens (tertiary/aromatic N) is 1. The average Bonchev–Trinajstić information content (AvgIpc) is 3.18. The molecule has 0 aromatic heterocycles. The standard InChI is InChI=1S/C12H16N2O3S/c13-8-9(15)14-5-12(11(16)17,6-18-10(8)14)4-3-7-1-2-7/h3-4,7-8,10H,1-2,5-6,13H2,(H,16,17)/t8?,10-,12?/m1/s1. The number of carboxylic acid groups (broad SMARTS) is 1. The maximum Gasteiger partial charge on any atom is 0.316 e. The summed E-state index contributed by atoms with van der Waals surface area (Å²) < 4.78 is 0. The van der Waals surface area contributed by atoms with Crippen molar-refractivity contribution in [2.24, 2.45) is 17.1 Å². The summed E-state index contributed by atoms with van der Waals surface area (Å²) in [6.45, 7) is 0.260. The monoisotopic (exact) mass is 268 g/mol. The van der Waals surface area contributed by atoms with Gasteiger partial charge in [-0.2, -0.15) is 0 Å². The summed E-state index contributed by atoms with van der Waals surface area (Å²) in [4.78, 5) is 24.8. The molecule has 5 nitrogen and oxygen atoms in total. The second-order valence-electron chi connectivity index (χ2n) is 5.35. The number of carbonyl (C=O) groups excluding carboxylic acids is 1. The number of hydrogen-bond acceptors (Lipinski definition) is 4. The minimum Gasteiger partial charge on any atom is -0.481 e. The van der Waals surface area contributed by atoms with E-state index < -0.39 is 17.4 Å². The van der Waals surface area contributed by atoms with Gasteiger partial charge in [0.05, 0.1) is 0 Å². The van der Waals surface area contributed by atoms with Gasteiger partial charge in [-0.15, -0.1) is 11.8 Å². The molecule has 2 saturated heterocycles. The minimum atomic E-state index is -0.931. The average molecular weight is 268 g/mol. The van der Waals surface area contributed by atoms with Gasteiger partial charge in [0, 0.05) is 12.3 Å². The van der Waals surface area contributed by atoms with E-state index in [4.69, 9.17) is 5.73 Å². The number of allylic oxidation sites excluding steroid dienone is 1. The summed E-state index contributed by atoms with van der Waals surface area (Å²) >= 11 is 1.48. The van der Waals surface area contributed by atoms with Gasteiger partial charge in [-0.05, 0) is 18.8 Å². The van der Waals surface area contributed by atoms with Crippen molar-refractivity contribution in [1.82, 2.24) is 4.90 Å². The zero-order chi connectivity index (χ0) is 12.9. The van der Waals surface area contributed by atoms with Crippen LogP contribution in [0.1, 0.15) is 12.8 Å².